The predicted molar refractivity (Wildman–Crippen MR) is 75.1 cm³/mol. The maximum Gasteiger partial charge on any atom is 0.279 e. The molecule has 5 nitrogen and oxygen atoms in total. The molecule has 0 saturated heterocycles. The summed E-state index contributed by atoms with van der Waals surface area (Å²) >= 11 is 0. The lowest BCUT2D eigenvalue weighted by Crippen LogP contribution is -1.92. The van der Waals surface area contributed by atoms with Crippen LogP contribution in [0.3, 0.4) is 0 Å². The molecule has 0 bridgehead atoms. The van der Waals surface area contributed by atoms with Gasteiger partial charge in [0.05, 0.1) is 10.5 Å². The Morgan fingerprint density at radius 2 is 1.40 bits per heavy atom. The molecule has 0 N–H and O–H groups in total. The van der Waals surface area contributed by atoms with E-state index in [0.717, 1.165) is 17.4 Å². The van der Waals surface area contributed by atoms with Crippen LogP contribution in [0.15, 0.2) is 48.5 Å². The fourth-order valence-electron chi connectivity index (χ4n) is 1.47. The molecule has 0 aromatic heterocycles. The van der Waals surface area contributed by atoms with Crippen molar-refractivity contribution >= 4 is 18.3 Å². The van der Waals surface area contributed by atoms with Gasteiger partial charge in [0.15, 0.2) is 6.29 Å². The van der Waals surface area contributed by atoms with Gasteiger partial charge in [0.25, 0.3) is 5.69 Å². The van der Waals surface area contributed by atoms with Gasteiger partial charge < -0.3 is 0 Å². The first-order valence-corrected chi connectivity index (χ1v) is 5.79. The number of rotatable bonds is 3. The SMILES string of the molecule is Cc1ccccc1C=O.O=Cc1ccccc1[N+](=O)[O-]. The Labute approximate surface area is 116 Å². The molecule has 0 heterocycles. The third kappa shape index (κ3) is 4.13. The molecule has 5 heteroatoms. The summed E-state index contributed by atoms with van der Waals surface area (Å²) in [4.78, 5) is 30.1. The van der Waals surface area contributed by atoms with E-state index in [1.54, 1.807) is 6.07 Å². The number of nitro benzene ring substituents is 1. The van der Waals surface area contributed by atoms with Gasteiger partial charge in [-0.2, -0.15) is 0 Å². The van der Waals surface area contributed by atoms with Crippen molar-refractivity contribution in [3.05, 3.63) is 75.3 Å². The van der Waals surface area contributed by atoms with Crippen LogP contribution in [0.5, 0.6) is 0 Å². The molecule has 0 aliphatic rings. The number of benzene rings is 2. The molecule has 0 saturated carbocycles. The van der Waals surface area contributed by atoms with E-state index in [1.807, 2.05) is 31.2 Å². The van der Waals surface area contributed by atoms with Crippen molar-refractivity contribution in [2.75, 3.05) is 0 Å². The summed E-state index contributed by atoms with van der Waals surface area (Å²) in [5, 5.41) is 10.2. The number of nitro groups is 1. The second-order valence-electron chi connectivity index (χ2n) is 3.91. The van der Waals surface area contributed by atoms with Gasteiger partial charge in [-0.15, -0.1) is 0 Å². The largest absolute Gasteiger partial charge is 0.298 e. The number of hydrogen-bond donors (Lipinski definition) is 0. The van der Waals surface area contributed by atoms with Crippen LogP contribution >= 0.6 is 0 Å². The van der Waals surface area contributed by atoms with E-state index in [1.165, 1.54) is 18.2 Å². The molecular formula is C15H13NO4. The molecule has 0 unspecified atom stereocenters. The van der Waals surface area contributed by atoms with E-state index in [2.05, 4.69) is 0 Å². The van der Waals surface area contributed by atoms with E-state index in [4.69, 9.17) is 0 Å². The number of carbonyl (C=O) groups is 2. The molecule has 0 atom stereocenters. The maximum atomic E-state index is 10.2. The van der Waals surface area contributed by atoms with Gasteiger partial charge in [0.1, 0.15) is 6.29 Å². The minimum atomic E-state index is -0.580. The molecule has 2 aromatic rings. The summed E-state index contributed by atoms with van der Waals surface area (Å²) in [6.07, 6.45) is 1.34. The number of para-hydroxylation sites is 1. The first-order chi connectivity index (χ1) is 9.60. The number of hydrogen-bond acceptors (Lipinski definition) is 4. The standard InChI is InChI=1S/C8H8O.C7H5NO3/c1-7-4-2-3-5-8(7)6-9;9-5-6-3-1-2-4-7(6)8(10)11/h2-6H,1H3;1-5H. The Bertz CT molecular complexity index is 623. The fourth-order valence-corrected chi connectivity index (χ4v) is 1.47. The van der Waals surface area contributed by atoms with Crippen molar-refractivity contribution in [2.45, 2.75) is 6.92 Å². The molecule has 102 valence electrons. The molecule has 0 spiro atoms. The molecule has 0 aliphatic heterocycles. The zero-order chi connectivity index (χ0) is 15.0. The third-order valence-electron chi connectivity index (χ3n) is 2.58. The first-order valence-electron chi connectivity index (χ1n) is 5.79. The van der Waals surface area contributed by atoms with Crippen molar-refractivity contribution in [2.24, 2.45) is 0 Å². The van der Waals surface area contributed by atoms with Crippen LogP contribution in [0.25, 0.3) is 0 Å². The summed E-state index contributed by atoms with van der Waals surface area (Å²) in [7, 11) is 0. The number of nitrogens with zero attached hydrogens (tertiary/aromatic N) is 1. The van der Waals surface area contributed by atoms with Crippen molar-refractivity contribution < 1.29 is 14.5 Å². The fraction of sp³-hybridized carbons (Fsp3) is 0.0667. The van der Waals surface area contributed by atoms with Crippen LogP contribution in [0.2, 0.25) is 0 Å². The summed E-state index contributed by atoms with van der Waals surface area (Å²) in [5.41, 5.74) is 1.77. The first kappa shape index (κ1) is 15.2. The van der Waals surface area contributed by atoms with E-state index in [9.17, 15) is 19.7 Å². The third-order valence-corrected chi connectivity index (χ3v) is 2.58. The molecule has 0 radical (unpaired) electrons. The lowest BCUT2D eigenvalue weighted by Gasteiger charge is -1.92. The van der Waals surface area contributed by atoms with Crippen LogP contribution < -0.4 is 0 Å². The van der Waals surface area contributed by atoms with Crippen molar-refractivity contribution in [3.8, 4) is 0 Å². The average Bonchev–Trinajstić information content (AvgIpc) is 2.48. The second kappa shape index (κ2) is 7.58. The summed E-state index contributed by atoms with van der Waals surface area (Å²) in [6, 6.07) is 13.3. The van der Waals surface area contributed by atoms with Crippen LogP contribution in [0, 0.1) is 17.0 Å². The van der Waals surface area contributed by atoms with Gasteiger partial charge in [-0.05, 0) is 18.6 Å². The highest BCUT2D eigenvalue weighted by molar-refractivity contribution is 5.81. The lowest BCUT2D eigenvalue weighted by molar-refractivity contribution is -0.385. The Kier molecular flexibility index (Phi) is 5.77. The second-order valence-corrected chi connectivity index (χ2v) is 3.91. The Morgan fingerprint density at radius 3 is 1.80 bits per heavy atom. The van der Waals surface area contributed by atoms with Gasteiger partial charge in [0.2, 0.25) is 0 Å². The van der Waals surface area contributed by atoms with Gasteiger partial charge in [-0.25, -0.2) is 0 Å². The molecule has 0 amide bonds. The summed E-state index contributed by atoms with van der Waals surface area (Å²) in [6.45, 7) is 1.92. The molecule has 20 heavy (non-hydrogen) atoms. The zero-order valence-electron chi connectivity index (χ0n) is 10.9. The average molecular weight is 271 g/mol. The minimum absolute atomic E-state index is 0.109. The van der Waals surface area contributed by atoms with E-state index >= 15 is 0 Å². The topological polar surface area (TPSA) is 77.3 Å². The van der Waals surface area contributed by atoms with E-state index < -0.39 is 4.92 Å². The van der Waals surface area contributed by atoms with Gasteiger partial charge >= 0.3 is 0 Å². The molecule has 0 aliphatic carbocycles. The monoisotopic (exact) mass is 271 g/mol. The zero-order valence-corrected chi connectivity index (χ0v) is 10.9. The van der Waals surface area contributed by atoms with Gasteiger partial charge in [0, 0.05) is 11.6 Å². The molecule has 0 fully saturated rings. The van der Waals surface area contributed by atoms with Crippen LogP contribution in [0.4, 0.5) is 5.69 Å². The molecule has 2 rings (SSSR count). The summed E-state index contributed by atoms with van der Waals surface area (Å²) in [5.74, 6) is 0. The highest BCUT2D eigenvalue weighted by Gasteiger charge is 2.09. The van der Waals surface area contributed by atoms with Gasteiger partial charge in [-0.1, -0.05) is 36.4 Å². The quantitative estimate of drug-likeness (QED) is 0.488. The van der Waals surface area contributed by atoms with Crippen molar-refractivity contribution in [1.29, 1.82) is 0 Å². The Balaban J connectivity index is 0.000000204. The highest BCUT2D eigenvalue weighted by atomic mass is 16.6. The predicted octanol–water partition coefficient (Wildman–Crippen LogP) is 3.21. The van der Waals surface area contributed by atoms with Crippen LogP contribution in [0.1, 0.15) is 26.3 Å². The number of carbonyl (C=O) groups excluding carboxylic acids is 2. The van der Waals surface area contributed by atoms with E-state index in [-0.39, 0.29) is 11.3 Å². The minimum Gasteiger partial charge on any atom is -0.298 e. The van der Waals surface area contributed by atoms with Gasteiger partial charge in [-0.3, -0.25) is 19.7 Å². The molecule has 2 aromatic carbocycles. The lowest BCUT2D eigenvalue weighted by atomic mass is 10.1. The van der Waals surface area contributed by atoms with Crippen LogP contribution in [-0.4, -0.2) is 17.5 Å². The van der Waals surface area contributed by atoms with Crippen molar-refractivity contribution in [3.63, 3.8) is 0 Å². The smallest absolute Gasteiger partial charge is 0.279 e. The van der Waals surface area contributed by atoms with Crippen molar-refractivity contribution in [1.82, 2.24) is 0 Å². The van der Waals surface area contributed by atoms with E-state index in [0.29, 0.717) is 6.29 Å². The van der Waals surface area contributed by atoms with Crippen LogP contribution in [-0.2, 0) is 0 Å². The number of aldehydes is 2. The highest BCUT2D eigenvalue weighted by Crippen LogP contribution is 2.14. The normalized spacial score (nSPS) is 9.05. The molecular weight excluding hydrogens is 258 g/mol. The number of aryl methyl sites for hydroxylation is 1. The maximum absolute atomic E-state index is 10.2. The Morgan fingerprint density at radius 1 is 0.900 bits per heavy atom. The summed E-state index contributed by atoms with van der Waals surface area (Å²) < 4.78 is 0. The Hall–Kier alpha value is -2.82.